The van der Waals surface area contributed by atoms with E-state index >= 15 is 0 Å². The molecule has 0 bridgehead atoms. The van der Waals surface area contributed by atoms with Gasteiger partial charge >= 0.3 is 0 Å². The Morgan fingerprint density at radius 1 is 1.19 bits per heavy atom. The fourth-order valence-electron chi connectivity index (χ4n) is 3.88. The van der Waals surface area contributed by atoms with Crippen LogP contribution in [0.4, 0.5) is 0 Å². The Morgan fingerprint density at radius 3 is 2.78 bits per heavy atom. The SMILES string of the molecule is Cc1cccc(CN(C)C2CCN(C(=O)c3nnn4ccccc34)CC2)c1. The van der Waals surface area contributed by atoms with Crippen LogP contribution in [0.5, 0.6) is 0 Å². The van der Waals surface area contributed by atoms with E-state index < -0.39 is 0 Å². The number of rotatable bonds is 4. The van der Waals surface area contributed by atoms with Gasteiger partial charge in [-0.3, -0.25) is 9.69 Å². The number of likely N-dealkylation sites (tertiary alicyclic amines) is 1. The average molecular weight is 363 g/mol. The molecular formula is C21H25N5O. The summed E-state index contributed by atoms with van der Waals surface area (Å²) in [7, 11) is 2.18. The van der Waals surface area contributed by atoms with E-state index in [1.807, 2.05) is 29.3 Å². The summed E-state index contributed by atoms with van der Waals surface area (Å²) in [5, 5.41) is 8.14. The van der Waals surface area contributed by atoms with Gasteiger partial charge in [0.15, 0.2) is 5.69 Å². The van der Waals surface area contributed by atoms with E-state index in [9.17, 15) is 4.79 Å². The van der Waals surface area contributed by atoms with Crippen molar-refractivity contribution < 1.29 is 4.79 Å². The largest absolute Gasteiger partial charge is 0.337 e. The Labute approximate surface area is 159 Å². The molecule has 6 nitrogen and oxygen atoms in total. The van der Waals surface area contributed by atoms with Crippen molar-refractivity contribution >= 4 is 11.4 Å². The number of fused-ring (bicyclic) bond motifs is 1. The fraction of sp³-hybridized carbons (Fsp3) is 0.381. The molecule has 1 aliphatic heterocycles. The van der Waals surface area contributed by atoms with Crippen LogP contribution >= 0.6 is 0 Å². The lowest BCUT2D eigenvalue weighted by Gasteiger charge is -2.36. The van der Waals surface area contributed by atoms with E-state index in [1.165, 1.54) is 11.1 Å². The Morgan fingerprint density at radius 2 is 2.00 bits per heavy atom. The molecule has 140 valence electrons. The van der Waals surface area contributed by atoms with Crippen molar-refractivity contribution in [1.82, 2.24) is 24.6 Å². The van der Waals surface area contributed by atoms with Crippen LogP contribution in [0.3, 0.4) is 0 Å². The van der Waals surface area contributed by atoms with Gasteiger partial charge in [-0.25, -0.2) is 4.52 Å². The van der Waals surface area contributed by atoms with Crippen LogP contribution in [-0.4, -0.2) is 56.7 Å². The average Bonchev–Trinajstić information content (AvgIpc) is 3.12. The number of nitrogens with zero attached hydrogens (tertiary/aromatic N) is 5. The van der Waals surface area contributed by atoms with E-state index in [1.54, 1.807) is 4.52 Å². The highest BCUT2D eigenvalue weighted by Crippen LogP contribution is 2.20. The van der Waals surface area contributed by atoms with Crippen molar-refractivity contribution in [3.05, 3.63) is 65.5 Å². The summed E-state index contributed by atoms with van der Waals surface area (Å²) in [5.41, 5.74) is 3.84. The Hall–Kier alpha value is -2.73. The molecule has 3 heterocycles. The number of piperidine rings is 1. The number of carbonyl (C=O) groups is 1. The second kappa shape index (κ2) is 7.48. The van der Waals surface area contributed by atoms with Gasteiger partial charge in [-0.2, -0.15) is 0 Å². The Bertz CT molecular complexity index is 942. The van der Waals surface area contributed by atoms with Crippen LogP contribution in [0.1, 0.15) is 34.5 Å². The summed E-state index contributed by atoms with van der Waals surface area (Å²) < 4.78 is 1.65. The molecule has 27 heavy (non-hydrogen) atoms. The van der Waals surface area contributed by atoms with Crippen molar-refractivity contribution in [1.29, 1.82) is 0 Å². The highest BCUT2D eigenvalue weighted by atomic mass is 16.2. The minimum atomic E-state index is -0.0176. The third-order valence-electron chi connectivity index (χ3n) is 5.42. The normalized spacial score (nSPS) is 15.6. The number of pyridine rings is 1. The second-order valence-corrected chi connectivity index (χ2v) is 7.40. The Balaban J connectivity index is 1.37. The van der Waals surface area contributed by atoms with E-state index in [4.69, 9.17) is 0 Å². The summed E-state index contributed by atoms with van der Waals surface area (Å²) in [6.45, 7) is 4.58. The molecule has 3 aromatic rings. The predicted molar refractivity (Wildman–Crippen MR) is 105 cm³/mol. The standard InChI is InChI=1S/C21H25N5O/c1-16-6-5-7-17(14-16)15-24(2)18-9-12-25(13-10-18)21(27)20-19-8-3-4-11-26(19)23-22-20/h3-8,11,14,18H,9-10,12-13,15H2,1-2H3. The van der Waals surface area contributed by atoms with Gasteiger partial charge in [0.2, 0.25) is 0 Å². The quantitative estimate of drug-likeness (QED) is 0.715. The molecule has 0 saturated carbocycles. The zero-order chi connectivity index (χ0) is 18.8. The molecule has 1 fully saturated rings. The monoisotopic (exact) mass is 363 g/mol. The van der Waals surface area contributed by atoms with Crippen LogP contribution in [0.2, 0.25) is 0 Å². The van der Waals surface area contributed by atoms with Gasteiger partial charge in [0.05, 0.1) is 5.52 Å². The van der Waals surface area contributed by atoms with Gasteiger partial charge < -0.3 is 4.90 Å². The third kappa shape index (κ3) is 3.71. The van der Waals surface area contributed by atoms with Crippen molar-refractivity contribution in [2.45, 2.75) is 32.4 Å². The van der Waals surface area contributed by atoms with Crippen molar-refractivity contribution in [2.75, 3.05) is 20.1 Å². The summed E-state index contributed by atoms with van der Waals surface area (Å²) in [5.74, 6) is -0.0176. The summed E-state index contributed by atoms with van der Waals surface area (Å²) in [6.07, 6.45) is 3.77. The number of aromatic nitrogens is 3. The maximum Gasteiger partial charge on any atom is 0.276 e. The molecule has 1 amide bonds. The molecule has 0 unspecified atom stereocenters. The van der Waals surface area contributed by atoms with Crippen LogP contribution < -0.4 is 0 Å². The fourth-order valence-corrected chi connectivity index (χ4v) is 3.88. The highest BCUT2D eigenvalue weighted by Gasteiger charge is 2.28. The lowest BCUT2D eigenvalue weighted by molar-refractivity contribution is 0.0635. The lowest BCUT2D eigenvalue weighted by atomic mass is 10.0. The number of aryl methyl sites for hydroxylation is 1. The van der Waals surface area contributed by atoms with E-state index in [-0.39, 0.29) is 5.91 Å². The topological polar surface area (TPSA) is 53.7 Å². The van der Waals surface area contributed by atoms with Gasteiger partial charge in [-0.1, -0.05) is 41.1 Å². The zero-order valence-corrected chi connectivity index (χ0v) is 15.9. The molecule has 0 spiro atoms. The van der Waals surface area contributed by atoms with Gasteiger partial charge in [0, 0.05) is 31.9 Å². The number of hydrogen-bond donors (Lipinski definition) is 0. The molecule has 0 aliphatic carbocycles. The molecule has 1 saturated heterocycles. The highest BCUT2D eigenvalue weighted by molar-refractivity contribution is 5.98. The molecular weight excluding hydrogens is 338 g/mol. The molecule has 0 radical (unpaired) electrons. The first-order chi connectivity index (χ1) is 13.1. The first-order valence-corrected chi connectivity index (χ1v) is 9.47. The molecule has 1 aromatic carbocycles. The maximum absolute atomic E-state index is 12.9. The van der Waals surface area contributed by atoms with Crippen LogP contribution in [0, 0.1) is 6.92 Å². The smallest absolute Gasteiger partial charge is 0.276 e. The molecule has 0 N–H and O–H groups in total. The minimum Gasteiger partial charge on any atom is -0.337 e. The first-order valence-electron chi connectivity index (χ1n) is 9.47. The van der Waals surface area contributed by atoms with Crippen molar-refractivity contribution in [2.24, 2.45) is 0 Å². The second-order valence-electron chi connectivity index (χ2n) is 7.40. The predicted octanol–water partition coefficient (Wildman–Crippen LogP) is 2.77. The van der Waals surface area contributed by atoms with Crippen LogP contribution in [0.15, 0.2) is 48.7 Å². The van der Waals surface area contributed by atoms with Crippen molar-refractivity contribution in [3.63, 3.8) is 0 Å². The van der Waals surface area contributed by atoms with Crippen molar-refractivity contribution in [3.8, 4) is 0 Å². The molecule has 2 aromatic heterocycles. The lowest BCUT2D eigenvalue weighted by Crippen LogP contribution is -2.45. The summed E-state index contributed by atoms with van der Waals surface area (Å²) >= 11 is 0. The number of benzene rings is 1. The van der Waals surface area contributed by atoms with E-state index in [0.29, 0.717) is 11.7 Å². The minimum absolute atomic E-state index is 0.0176. The first kappa shape index (κ1) is 17.7. The molecule has 4 rings (SSSR count). The van der Waals surface area contributed by atoms with Gasteiger partial charge in [-0.15, -0.1) is 5.10 Å². The van der Waals surface area contributed by atoms with E-state index in [2.05, 4.69) is 53.4 Å². The van der Waals surface area contributed by atoms with Gasteiger partial charge in [0.25, 0.3) is 5.91 Å². The maximum atomic E-state index is 12.9. The summed E-state index contributed by atoms with van der Waals surface area (Å²) in [6, 6.07) is 14.8. The number of hydrogen-bond acceptors (Lipinski definition) is 4. The number of amides is 1. The van der Waals surface area contributed by atoms with E-state index in [0.717, 1.165) is 38.0 Å². The Kier molecular flexibility index (Phi) is 4.90. The van der Waals surface area contributed by atoms with Crippen LogP contribution in [-0.2, 0) is 6.54 Å². The van der Waals surface area contributed by atoms with Gasteiger partial charge in [0.1, 0.15) is 0 Å². The zero-order valence-electron chi connectivity index (χ0n) is 15.9. The summed E-state index contributed by atoms with van der Waals surface area (Å²) in [4.78, 5) is 17.2. The molecule has 1 aliphatic rings. The third-order valence-corrected chi connectivity index (χ3v) is 5.42. The van der Waals surface area contributed by atoms with Gasteiger partial charge in [-0.05, 0) is 44.5 Å². The molecule has 0 atom stereocenters. The molecule has 6 heteroatoms. The van der Waals surface area contributed by atoms with Crippen LogP contribution in [0.25, 0.3) is 5.52 Å². The number of carbonyl (C=O) groups excluding carboxylic acids is 1.